The predicted molar refractivity (Wildman–Crippen MR) is 94.7 cm³/mol. The van der Waals surface area contributed by atoms with E-state index in [9.17, 15) is 0 Å². The van der Waals surface area contributed by atoms with Crippen LogP contribution in [0.4, 0.5) is 0 Å². The van der Waals surface area contributed by atoms with E-state index in [1.807, 2.05) is 38.1 Å². The summed E-state index contributed by atoms with van der Waals surface area (Å²) in [5.41, 5.74) is 5.97. The first-order valence-corrected chi connectivity index (χ1v) is 7.99. The molecule has 0 N–H and O–H groups in total. The third kappa shape index (κ3) is 2.71. The van der Waals surface area contributed by atoms with Gasteiger partial charge in [0.1, 0.15) is 12.1 Å². The third-order valence-corrected chi connectivity index (χ3v) is 4.17. The van der Waals surface area contributed by atoms with Crippen molar-refractivity contribution >= 4 is 5.65 Å². The lowest BCUT2D eigenvalue weighted by molar-refractivity contribution is 0.446. The summed E-state index contributed by atoms with van der Waals surface area (Å²) < 4.78 is 7.68. The van der Waals surface area contributed by atoms with Gasteiger partial charge in [-0.3, -0.25) is 0 Å². The van der Waals surface area contributed by atoms with Crippen molar-refractivity contribution in [2.45, 2.75) is 20.8 Å². The SMILES string of the molecule is Cc1cc(Oc2ccnc3ccnn23)ccc1-c1c(C)ncnc1C. The summed E-state index contributed by atoms with van der Waals surface area (Å²) in [6.45, 7) is 6.06. The van der Waals surface area contributed by atoms with Gasteiger partial charge in [-0.25, -0.2) is 15.0 Å². The molecule has 0 saturated heterocycles. The second-order valence-electron chi connectivity index (χ2n) is 5.88. The first kappa shape index (κ1) is 15.3. The van der Waals surface area contributed by atoms with E-state index in [1.54, 1.807) is 29.3 Å². The van der Waals surface area contributed by atoms with E-state index in [2.05, 4.69) is 27.0 Å². The van der Waals surface area contributed by atoms with Crippen molar-refractivity contribution in [1.29, 1.82) is 0 Å². The van der Waals surface area contributed by atoms with Crippen LogP contribution in [0.3, 0.4) is 0 Å². The Bertz CT molecular complexity index is 1050. The van der Waals surface area contributed by atoms with Crippen molar-refractivity contribution in [3.8, 4) is 22.8 Å². The Labute approximate surface area is 145 Å². The van der Waals surface area contributed by atoms with Crippen LogP contribution in [-0.2, 0) is 0 Å². The molecule has 4 aromatic rings. The molecule has 1 aromatic carbocycles. The summed E-state index contributed by atoms with van der Waals surface area (Å²) in [6, 6.07) is 9.64. The first-order chi connectivity index (χ1) is 12.1. The zero-order valence-electron chi connectivity index (χ0n) is 14.3. The van der Waals surface area contributed by atoms with E-state index in [1.165, 1.54) is 0 Å². The molecule has 0 fully saturated rings. The van der Waals surface area contributed by atoms with Gasteiger partial charge < -0.3 is 4.74 Å². The number of hydrogen-bond acceptors (Lipinski definition) is 5. The molecular weight excluding hydrogens is 314 g/mol. The molecule has 0 radical (unpaired) electrons. The normalized spacial score (nSPS) is 11.0. The maximum atomic E-state index is 6.01. The van der Waals surface area contributed by atoms with Gasteiger partial charge in [0.15, 0.2) is 5.65 Å². The molecule has 0 aliphatic rings. The molecule has 4 rings (SSSR count). The van der Waals surface area contributed by atoms with E-state index in [0.29, 0.717) is 5.88 Å². The van der Waals surface area contributed by atoms with Crippen LogP contribution in [0.1, 0.15) is 17.0 Å². The van der Waals surface area contributed by atoms with E-state index in [4.69, 9.17) is 4.74 Å². The molecule has 0 bridgehead atoms. The fourth-order valence-corrected chi connectivity index (χ4v) is 2.97. The molecule has 25 heavy (non-hydrogen) atoms. The standard InChI is InChI=1S/C19H17N5O/c1-12-10-15(25-18-7-8-20-17-6-9-23-24(17)18)4-5-16(12)19-13(2)21-11-22-14(19)3/h4-11H,1-3H3. The number of hydrogen-bond donors (Lipinski definition) is 0. The lowest BCUT2D eigenvalue weighted by atomic mass is 9.98. The van der Waals surface area contributed by atoms with Gasteiger partial charge in [-0.1, -0.05) is 6.07 Å². The second kappa shape index (κ2) is 5.98. The average molecular weight is 331 g/mol. The summed E-state index contributed by atoms with van der Waals surface area (Å²) in [7, 11) is 0. The Kier molecular flexibility index (Phi) is 3.65. The van der Waals surface area contributed by atoms with E-state index >= 15 is 0 Å². The number of aromatic nitrogens is 5. The Morgan fingerprint density at radius 2 is 1.68 bits per heavy atom. The molecule has 124 valence electrons. The average Bonchev–Trinajstić information content (AvgIpc) is 3.06. The van der Waals surface area contributed by atoms with Crippen molar-refractivity contribution in [2.75, 3.05) is 0 Å². The number of ether oxygens (including phenoxy) is 1. The van der Waals surface area contributed by atoms with Crippen LogP contribution in [-0.4, -0.2) is 24.6 Å². The highest BCUT2D eigenvalue weighted by Crippen LogP contribution is 2.31. The molecule has 0 amide bonds. The van der Waals surface area contributed by atoms with Crippen molar-refractivity contribution < 1.29 is 4.74 Å². The lowest BCUT2D eigenvalue weighted by Crippen LogP contribution is -1.98. The van der Waals surface area contributed by atoms with Gasteiger partial charge >= 0.3 is 0 Å². The maximum absolute atomic E-state index is 6.01. The summed E-state index contributed by atoms with van der Waals surface area (Å²) in [4.78, 5) is 12.9. The highest BCUT2D eigenvalue weighted by molar-refractivity contribution is 5.71. The van der Waals surface area contributed by atoms with Gasteiger partial charge in [0, 0.05) is 35.3 Å². The first-order valence-electron chi connectivity index (χ1n) is 7.99. The number of fused-ring (bicyclic) bond motifs is 1. The molecular formula is C19H17N5O. The third-order valence-electron chi connectivity index (χ3n) is 4.17. The Morgan fingerprint density at radius 1 is 0.880 bits per heavy atom. The number of rotatable bonds is 3. The van der Waals surface area contributed by atoms with Crippen LogP contribution in [0.15, 0.2) is 49.1 Å². The van der Waals surface area contributed by atoms with Gasteiger partial charge in [0.05, 0.1) is 6.20 Å². The predicted octanol–water partition coefficient (Wildman–Crippen LogP) is 3.90. The molecule has 0 aliphatic carbocycles. The minimum Gasteiger partial charge on any atom is -0.439 e. The van der Waals surface area contributed by atoms with Crippen molar-refractivity contribution in [3.63, 3.8) is 0 Å². The summed E-state index contributed by atoms with van der Waals surface area (Å²) >= 11 is 0. The van der Waals surface area contributed by atoms with Crippen LogP contribution in [0.25, 0.3) is 16.8 Å². The number of nitrogens with zero attached hydrogens (tertiary/aromatic N) is 5. The van der Waals surface area contributed by atoms with Crippen molar-refractivity contribution in [1.82, 2.24) is 24.6 Å². The fourth-order valence-electron chi connectivity index (χ4n) is 2.97. The summed E-state index contributed by atoms with van der Waals surface area (Å²) in [5, 5.41) is 4.24. The quantitative estimate of drug-likeness (QED) is 0.569. The molecule has 3 aromatic heterocycles. The minimum absolute atomic E-state index is 0.623. The largest absolute Gasteiger partial charge is 0.439 e. The fraction of sp³-hybridized carbons (Fsp3) is 0.158. The smallest absolute Gasteiger partial charge is 0.223 e. The molecule has 6 nitrogen and oxygen atoms in total. The van der Waals surface area contributed by atoms with Crippen molar-refractivity contribution in [3.05, 3.63) is 66.0 Å². The Morgan fingerprint density at radius 3 is 2.44 bits per heavy atom. The molecule has 0 aliphatic heterocycles. The van der Waals surface area contributed by atoms with Crippen LogP contribution >= 0.6 is 0 Å². The highest BCUT2D eigenvalue weighted by Gasteiger charge is 2.12. The topological polar surface area (TPSA) is 65.2 Å². The molecule has 3 heterocycles. The summed E-state index contributed by atoms with van der Waals surface area (Å²) in [5.74, 6) is 1.37. The van der Waals surface area contributed by atoms with Crippen LogP contribution in [0.5, 0.6) is 11.6 Å². The number of benzene rings is 1. The Hall–Kier alpha value is -3.28. The van der Waals surface area contributed by atoms with E-state index < -0.39 is 0 Å². The van der Waals surface area contributed by atoms with Gasteiger partial charge in [-0.2, -0.15) is 9.61 Å². The van der Waals surface area contributed by atoms with Crippen LogP contribution < -0.4 is 4.74 Å². The van der Waals surface area contributed by atoms with Crippen LogP contribution in [0.2, 0.25) is 0 Å². The zero-order valence-corrected chi connectivity index (χ0v) is 14.3. The molecule has 6 heteroatoms. The zero-order chi connectivity index (χ0) is 17.4. The highest BCUT2D eigenvalue weighted by atomic mass is 16.5. The molecule has 0 unspecified atom stereocenters. The molecule has 0 atom stereocenters. The number of aryl methyl sites for hydroxylation is 3. The molecule has 0 saturated carbocycles. The van der Waals surface area contributed by atoms with Crippen LogP contribution in [0, 0.1) is 20.8 Å². The second-order valence-corrected chi connectivity index (χ2v) is 5.88. The van der Waals surface area contributed by atoms with Gasteiger partial charge in [0.25, 0.3) is 0 Å². The monoisotopic (exact) mass is 331 g/mol. The van der Waals surface area contributed by atoms with Gasteiger partial charge in [0.2, 0.25) is 5.88 Å². The van der Waals surface area contributed by atoms with Gasteiger partial charge in [-0.05, 0) is 44.0 Å². The minimum atomic E-state index is 0.623. The summed E-state index contributed by atoms with van der Waals surface area (Å²) in [6.07, 6.45) is 5.01. The van der Waals surface area contributed by atoms with E-state index in [-0.39, 0.29) is 0 Å². The maximum Gasteiger partial charge on any atom is 0.223 e. The van der Waals surface area contributed by atoms with Crippen molar-refractivity contribution in [2.24, 2.45) is 0 Å². The lowest BCUT2D eigenvalue weighted by Gasteiger charge is -2.13. The van der Waals surface area contributed by atoms with Gasteiger partial charge in [-0.15, -0.1) is 0 Å². The molecule has 0 spiro atoms. The van der Waals surface area contributed by atoms with E-state index in [0.717, 1.165) is 39.5 Å². The Balaban J connectivity index is 1.72.